The third kappa shape index (κ3) is 1.47. The highest BCUT2D eigenvalue weighted by atomic mass is 19.1. The molecule has 1 heterocycles. The lowest BCUT2D eigenvalue weighted by molar-refractivity contribution is -0.0250. The van der Waals surface area contributed by atoms with Gasteiger partial charge in [-0.3, -0.25) is 4.98 Å². The van der Waals surface area contributed by atoms with Gasteiger partial charge in [0.05, 0.1) is 0 Å². The number of halogens is 1. The normalized spacial score (nSPS) is 13.1. The zero-order valence-corrected chi connectivity index (χ0v) is 4.62. The summed E-state index contributed by atoms with van der Waals surface area (Å²) in [6.45, 7) is 0. The maximum absolute atomic E-state index is 11.8. The Morgan fingerprint density at radius 1 is 1.67 bits per heavy atom. The second-order valence-electron chi connectivity index (χ2n) is 1.60. The molecule has 0 bridgehead atoms. The lowest BCUT2D eigenvalue weighted by atomic mass is 10.3. The van der Waals surface area contributed by atoms with Crippen LogP contribution in [0, 0.1) is 0 Å². The van der Waals surface area contributed by atoms with E-state index in [1.165, 1.54) is 24.5 Å². The van der Waals surface area contributed by atoms with E-state index in [4.69, 9.17) is 0 Å². The van der Waals surface area contributed by atoms with Crippen molar-refractivity contribution in [1.82, 2.24) is 4.98 Å². The molecule has 1 aromatic rings. The van der Waals surface area contributed by atoms with Crippen molar-refractivity contribution in [2.24, 2.45) is 0 Å². The molecule has 0 aliphatic heterocycles. The fourth-order valence-corrected chi connectivity index (χ4v) is 0.510. The minimum Gasteiger partial charge on any atom is -0.264 e. The highest BCUT2D eigenvalue weighted by molar-refractivity contribution is 5.08. The number of aromatic nitrogens is 1. The molecule has 1 aromatic heterocycles. The summed E-state index contributed by atoms with van der Waals surface area (Å²) in [6.07, 6.45) is 0.558. The van der Waals surface area contributed by atoms with Gasteiger partial charge in [-0.1, -0.05) is 6.07 Å². The van der Waals surface area contributed by atoms with Crippen LogP contribution in [0.2, 0.25) is 0 Å². The molecule has 0 saturated carbocycles. The summed E-state index contributed by atoms with van der Waals surface area (Å²) in [5, 5.41) is 10.0. The van der Waals surface area contributed by atoms with Crippen LogP contribution in [0.15, 0.2) is 24.5 Å². The smallest absolute Gasteiger partial charge is 0.258 e. The molecule has 0 N–H and O–H groups in total. The molecule has 1 radical (unpaired) electrons. The summed E-state index contributed by atoms with van der Waals surface area (Å²) in [5.41, 5.74) is 0.0810. The SMILES string of the molecule is [O]C(F)c1cccnc1. The summed E-state index contributed by atoms with van der Waals surface area (Å²) < 4.78 is 11.8. The van der Waals surface area contributed by atoms with Gasteiger partial charge in [-0.2, -0.15) is 5.11 Å². The van der Waals surface area contributed by atoms with E-state index in [2.05, 4.69) is 4.98 Å². The van der Waals surface area contributed by atoms with Gasteiger partial charge in [0.2, 0.25) is 0 Å². The first-order chi connectivity index (χ1) is 4.30. The van der Waals surface area contributed by atoms with Crippen molar-refractivity contribution in [2.45, 2.75) is 6.36 Å². The molecule has 0 aliphatic carbocycles. The van der Waals surface area contributed by atoms with E-state index >= 15 is 0 Å². The summed E-state index contributed by atoms with van der Waals surface area (Å²) in [6, 6.07) is 2.94. The first kappa shape index (κ1) is 6.16. The summed E-state index contributed by atoms with van der Waals surface area (Å²) in [5.74, 6) is 0. The van der Waals surface area contributed by atoms with E-state index in [-0.39, 0.29) is 5.56 Å². The highest BCUT2D eigenvalue weighted by Gasteiger charge is 2.03. The van der Waals surface area contributed by atoms with Crippen molar-refractivity contribution in [1.29, 1.82) is 0 Å². The van der Waals surface area contributed by atoms with Crippen LogP contribution in [-0.4, -0.2) is 4.98 Å². The average Bonchev–Trinajstić information content (AvgIpc) is 1.90. The Morgan fingerprint density at radius 3 is 2.78 bits per heavy atom. The summed E-state index contributed by atoms with van der Waals surface area (Å²) in [4.78, 5) is 3.57. The Morgan fingerprint density at radius 2 is 2.44 bits per heavy atom. The molecule has 1 rings (SSSR count). The van der Waals surface area contributed by atoms with Gasteiger partial charge in [0.1, 0.15) is 0 Å². The summed E-state index contributed by atoms with van der Waals surface area (Å²) in [7, 11) is 0. The minimum absolute atomic E-state index is 0.0810. The van der Waals surface area contributed by atoms with Crippen molar-refractivity contribution >= 4 is 0 Å². The van der Waals surface area contributed by atoms with E-state index < -0.39 is 6.36 Å². The second-order valence-corrected chi connectivity index (χ2v) is 1.60. The predicted molar refractivity (Wildman–Crippen MR) is 28.8 cm³/mol. The molecule has 0 aliphatic rings. The van der Waals surface area contributed by atoms with Crippen LogP contribution in [-0.2, 0) is 5.11 Å². The molecular formula is C6H5FNO. The molecular weight excluding hydrogens is 121 g/mol. The molecule has 0 spiro atoms. The van der Waals surface area contributed by atoms with Crippen molar-refractivity contribution in [3.05, 3.63) is 30.1 Å². The van der Waals surface area contributed by atoms with Gasteiger partial charge in [-0.05, 0) is 6.07 Å². The monoisotopic (exact) mass is 126 g/mol. The van der Waals surface area contributed by atoms with Crippen molar-refractivity contribution in [3.63, 3.8) is 0 Å². The maximum Gasteiger partial charge on any atom is 0.258 e. The molecule has 0 fully saturated rings. The number of hydrogen-bond acceptors (Lipinski definition) is 1. The van der Waals surface area contributed by atoms with Crippen LogP contribution < -0.4 is 0 Å². The molecule has 47 valence electrons. The number of nitrogens with zero attached hydrogens (tertiary/aromatic N) is 1. The van der Waals surface area contributed by atoms with Crippen molar-refractivity contribution < 1.29 is 9.50 Å². The first-order valence-electron chi connectivity index (χ1n) is 2.50. The highest BCUT2D eigenvalue weighted by Crippen LogP contribution is 2.10. The number of rotatable bonds is 1. The average molecular weight is 126 g/mol. The van der Waals surface area contributed by atoms with Crippen LogP contribution in [0.25, 0.3) is 0 Å². The van der Waals surface area contributed by atoms with Gasteiger partial charge >= 0.3 is 0 Å². The van der Waals surface area contributed by atoms with Crippen LogP contribution in [0.1, 0.15) is 11.9 Å². The van der Waals surface area contributed by atoms with Gasteiger partial charge in [-0.25, -0.2) is 4.39 Å². The maximum atomic E-state index is 11.8. The van der Waals surface area contributed by atoms with Crippen LogP contribution in [0.3, 0.4) is 0 Å². The Balaban J connectivity index is 2.85. The fraction of sp³-hybridized carbons (Fsp3) is 0.167. The van der Waals surface area contributed by atoms with Crippen LogP contribution in [0.5, 0.6) is 0 Å². The van der Waals surface area contributed by atoms with E-state index in [1.807, 2.05) is 0 Å². The van der Waals surface area contributed by atoms with Gasteiger partial charge < -0.3 is 0 Å². The van der Waals surface area contributed by atoms with Crippen molar-refractivity contribution in [3.8, 4) is 0 Å². The second kappa shape index (κ2) is 2.55. The zero-order valence-electron chi connectivity index (χ0n) is 4.62. The van der Waals surface area contributed by atoms with E-state index in [1.54, 1.807) is 0 Å². The van der Waals surface area contributed by atoms with E-state index in [0.29, 0.717) is 0 Å². The number of hydrogen-bond donors (Lipinski definition) is 0. The molecule has 1 unspecified atom stereocenters. The molecule has 9 heavy (non-hydrogen) atoms. The topological polar surface area (TPSA) is 32.8 Å². The molecule has 0 saturated heterocycles. The molecule has 3 heteroatoms. The third-order valence-electron chi connectivity index (χ3n) is 0.946. The zero-order chi connectivity index (χ0) is 6.69. The predicted octanol–water partition coefficient (Wildman–Crippen LogP) is 1.48. The Kier molecular flexibility index (Phi) is 1.75. The molecule has 1 atom stereocenters. The van der Waals surface area contributed by atoms with E-state index in [9.17, 15) is 9.50 Å². The lowest BCUT2D eigenvalue weighted by Gasteiger charge is -1.93. The first-order valence-corrected chi connectivity index (χ1v) is 2.50. The van der Waals surface area contributed by atoms with Gasteiger partial charge in [0.25, 0.3) is 6.36 Å². The summed E-state index contributed by atoms with van der Waals surface area (Å²) >= 11 is 0. The molecule has 2 nitrogen and oxygen atoms in total. The van der Waals surface area contributed by atoms with Crippen LogP contribution in [0.4, 0.5) is 4.39 Å². The van der Waals surface area contributed by atoms with Gasteiger partial charge in [-0.15, -0.1) is 0 Å². The number of alkyl halides is 1. The minimum atomic E-state index is -2.15. The van der Waals surface area contributed by atoms with Crippen LogP contribution >= 0.6 is 0 Å². The van der Waals surface area contributed by atoms with Gasteiger partial charge in [0, 0.05) is 18.0 Å². The van der Waals surface area contributed by atoms with E-state index in [0.717, 1.165) is 0 Å². The lowest BCUT2D eigenvalue weighted by Crippen LogP contribution is -1.86. The Hall–Kier alpha value is -0.960. The number of pyridine rings is 1. The molecule has 0 amide bonds. The fourth-order valence-electron chi connectivity index (χ4n) is 0.510. The molecule has 0 aromatic carbocycles. The third-order valence-corrected chi connectivity index (χ3v) is 0.946. The van der Waals surface area contributed by atoms with Gasteiger partial charge in [0.15, 0.2) is 0 Å². The standard InChI is InChI=1S/C6H5FNO/c7-6(9)5-2-1-3-8-4-5/h1-4,6H. The quantitative estimate of drug-likeness (QED) is 0.561. The largest absolute Gasteiger partial charge is 0.264 e. The van der Waals surface area contributed by atoms with Crippen molar-refractivity contribution in [2.75, 3.05) is 0 Å². The Labute approximate surface area is 52.0 Å². The Bertz CT molecular complexity index is 176.